The van der Waals surface area contributed by atoms with Crippen molar-refractivity contribution in [3.05, 3.63) is 23.2 Å². The SMILES string of the molecule is CCCc1nc2ccc(OCCO)cc2s1. The van der Waals surface area contributed by atoms with E-state index in [0.29, 0.717) is 6.61 Å². The van der Waals surface area contributed by atoms with Gasteiger partial charge >= 0.3 is 0 Å². The van der Waals surface area contributed by atoms with Gasteiger partial charge in [0, 0.05) is 0 Å². The molecule has 0 aliphatic carbocycles. The van der Waals surface area contributed by atoms with Crippen LogP contribution in [0.15, 0.2) is 18.2 Å². The van der Waals surface area contributed by atoms with E-state index in [2.05, 4.69) is 11.9 Å². The summed E-state index contributed by atoms with van der Waals surface area (Å²) in [6.07, 6.45) is 2.15. The van der Waals surface area contributed by atoms with E-state index in [1.807, 2.05) is 18.2 Å². The van der Waals surface area contributed by atoms with Gasteiger partial charge in [0.25, 0.3) is 0 Å². The van der Waals surface area contributed by atoms with Gasteiger partial charge in [0.2, 0.25) is 0 Å². The number of rotatable bonds is 5. The van der Waals surface area contributed by atoms with E-state index in [1.54, 1.807) is 11.3 Å². The molecule has 0 amide bonds. The summed E-state index contributed by atoms with van der Waals surface area (Å²) < 4.78 is 6.51. The highest BCUT2D eigenvalue weighted by atomic mass is 32.1. The Balaban J connectivity index is 2.23. The highest BCUT2D eigenvalue weighted by Gasteiger charge is 2.04. The second-order valence-electron chi connectivity index (χ2n) is 3.56. The molecule has 0 bridgehead atoms. The molecule has 0 saturated heterocycles. The molecule has 1 aromatic heterocycles. The van der Waals surface area contributed by atoms with Crippen LogP contribution in [-0.4, -0.2) is 23.3 Å². The number of aliphatic hydroxyl groups excluding tert-OH is 1. The molecule has 16 heavy (non-hydrogen) atoms. The molecule has 0 unspecified atom stereocenters. The molecule has 1 heterocycles. The Morgan fingerprint density at radius 3 is 3.06 bits per heavy atom. The zero-order valence-electron chi connectivity index (χ0n) is 9.27. The van der Waals surface area contributed by atoms with E-state index in [4.69, 9.17) is 9.84 Å². The molecule has 0 atom stereocenters. The van der Waals surface area contributed by atoms with Gasteiger partial charge in [-0.25, -0.2) is 4.98 Å². The Morgan fingerprint density at radius 1 is 1.44 bits per heavy atom. The van der Waals surface area contributed by atoms with Gasteiger partial charge in [-0.1, -0.05) is 6.92 Å². The molecular weight excluding hydrogens is 222 g/mol. The summed E-state index contributed by atoms with van der Waals surface area (Å²) >= 11 is 1.72. The molecule has 3 nitrogen and oxygen atoms in total. The number of aliphatic hydroxyl groups is 1. The summed E-state index contributed by atoms with van der Waals surface area (Å²) in [4.78, 5) is 4.54. The van der Waals surface area contributed by atoms with Crippen LogP contribution in [0, 0.1) is 0 Å². The topological polar surface area (TPSA) is 42.4 Å². The zero-order chi connectivity index (χ0) is 11.4. The highest BCUT2D eigenvalue weighted by Crippen LogP contribution is 2.26. The minimum Gasteiger partial charge on any atom is -0.491 e. The van der Waals surface area contributed by atoms with Crippen LogP contribution in [0.25, 0.3) is 10.2 Å². The minimum absolute atomic E-state index is 0.0435. The maximum absolute atomic E-state index is 8.68. The van der Waals surface area contributed by atoms with Crippen LogP contribution < -0.4 is 4.74 Å². The first-order valence-corrected chi connectivity index (χ1v) is 6.28. The molecule has 2 aromatic rings. The Hall–Kier alpha value is -1.13. The fourth-order valence-electron chi connectivity index (χ4n) is 1.53. The Bertz CT molecular complexity index is 467. The van der Waals surface area contributed by atoms with Crippen molar-refractivity contribution in [2.45, 2.75) is 19.8 Å². The van der Waals surface area contributed by atoms with Gasteiger partial charge in [-0.3, -0.25) is 0 Å². The van der Waals surface area contributed by atoms with Crippen LogP contribution in [0.5, 0.6) is 5.75 Å². The number of thiazole rings is 1. The number of hydrogen-bond acceptors (Lipinski definition) is 4. The van der Waals surface area contributed by atoms with Gasteiger partial charge < -0.3 is 9.84 Å². The molecule has 0 aliphatic heterocycles. The van der Waals surface area contributed by atoms with E-state index in [-0.39, 0.29) is 6.61 Å². The van der Waals surface area contributed by atoms with E-state index < -0.39 is 0 Å². The number of hydrogen-bond donors (Lipinski definition) is 1. The molecular formula is C12H15NO2S. The lowest BCUT2D eigenvalue weighted by atomic mass is 10.3. The van der Waals surface area contributed by atoms with Gasteiger partial charge in [0.1, 0.15) is 12.4 Å². The van der Waals surface area contributed by atoms with Crippen molar-refractivity contribution in [3.63, 3.8) is 0 Å². The second kappa shape index (κ2) is 5.27. The van der Waals surface area contributed by atoms with Crippen molar-refractivity contribution in [1.82, 2.24) is 4.98 Å². The molecule has 1 N–H and O–H groups in total. The zero-order valence-corrected chi connectivity index (χ0v) is 10.1. The second-order valence-corrected chi connectivity index (χ2v) is 4.67. The maximum Gasteiger partial charge on any atom is 0.120 e. The van der Waals surface area contributed by atoms with Crippen molar-refractivity contribution >= 4 is 21.6 Å². The van der Waals surface area contributed by atoms with E-state index in [9.17, 15) is 0 Å². The third-order valence-electron chi connectivity index (χ3n) is 2.23. The molecule has 2 rings (SSSR count). The Morgan fingerprint density at radius 2 is 2.31 bits per heavy atom. The lowest BCUT2D eigenvalue weighted by molar-refractivity contribution is 0.201. The van der Waals surface area contributed by atoms with Crippen LogP contribution in [0.4, 0.5) is 0 Å². The summed E-state index contributed by atoms with van der Waals surface area (Å²) in [5.41, 5.74) is 1.03. The number of benzene rings is 1. The normalized spacial score (nSPS) is 10.9. The number of aromatic nitrogens is 1. The summed E-state index contributed by atoms with van der Waals surface area (Å²) in [5, 5.41) is 9.86. The number of ether oxygens (including phenoxy) is 1. The molecule has 1 aromatic carbocycles. The molecule has 4 heteroatoms. The Kier molecular flexibility index (Phi) is 3.74. The van der Waals surface area contributed by atoms with E-state index in [1.165, 1.54) is 5.01 Å². The molecule has 86 valence electrons. The lowest BCUT2D eigenvalue weighted by Gasteiger charge is -2.02. The lowest BCUT2D eigenvalue weighted by Crippen LogP contribution is -2.00. The fraction of sp³-hybridized carbons (Fsp3) is 0.417. The fourth-order valence-corrected chi connectivity index (χ4v) is 2.62. The minimum atomic E-state index is 0.0435. The monoisotopic (exact) mass is 237 g/mol. The molecule has 0 fully saturated rings. The van der Waals surface area contributed by atoms with Crippen molar-refractivity contribution in [3.8, 4) is 5.75 Å². The van der Waals surface area contributed by atoms with Gasteiger partial charge in [-0.2, -0.15) is 0 Å². The van der Waals surface area contributed by atoms with Crippen molar-refractivity contribution < 1.29 is 9.84 Å². The Labute approximate surface area is 98.7 Å². The van der Waals surface area contributed by atoms with Crippen molar-refractivity contribution in [2.24, 2.45) is 0 Å². The van der Waals surface area contributed by atoms with Gasteiger partial charge in [-0.15, -0.1) is 11.3 Å². The van der Waals surface area contributed by atoms with Crippen LogP contribution in [-0.2, 0) is 6.42 Å². The van der Waals surface area contributed by atoms with Crippen LogP contribution >= 0.6 is 11.3 Å². The first-order valence-electron chi connectivity index (χ1n) is 5.46. The summed E-state index contributed by atoms with van der Waals surface area (Å²) in [5.74, 6) is 0.799. The predicted molar refractivity (Wildman–Crippen MR) is 66.2 cm³/mol. The largest absolute Gasteiger partial charge is 0.491 e. The quantitative estimate of drug-likeness (QED) is 0.869. The van der Waals surface area contributed by atoms with E-state index >= 15 is 0 Å². The molecule has 0 aliphatic rings. The van der Waals surface area contributed by atoms with Crippen molar-refractivity contribution in [2.75, 3.05) is 13.2 Å². The molecule has 0 saturated carbocycles. The number of nitrogens with zero attached hydrogens (tertiary/aromatic N) is 1. The van der Waals surface area contributed by atoms with Crippen LogP contribution in [0.1, 0.15) is 18.4 Å². The number of fused-ring (bicyclic) bond motifs is 1. The summed E-state index contributed by atoms with van der Waals surface area (Å²) in [6.45, 7) is 2.54. The average molecular weight is 237 g/mol. The van der Waals surface area contributed by atoms with Crippen LogP contribution in [0.3, 0.4) is 0 Å². The molecule has 0 radical (unpaired) electrons. The first kappa shape index (κ1) is 11.4. The first-order chi connectivity index (χ1) is 7.83. The number of aryl methyl sites for hydroxylation is 1. The predicted octanol–water partition coefficient (Wildman–Crippen LogP) is 2.62. The average Bonchev–Trinajstić information content (AvgIpc) is 2.68. The van der Waals surface area contributed by atoms with Crippen molar-refractivity contribution in [1.29, 1.82) is 0 Å². The summed E-state index contributed by atoms with van der Waals surface area (Å²) in [6, 6.07) is 5.85. The van der Waals surface area contributed by atoms with Gasteiger partial charge in [-0.05, 0) is 31.0 Å². The smallest absolute Gasteiger partial charge is 0.120 e. The molecule has 0 spiro atoms. The highest BCUT2D eigenvalue weighted by molar-refractivity contribution is 7.18. The van der Waals surface area contributed by atoms with E-state index in [0.717, 1.165) is 28.8 Å². The third-order valence-corrected chi connectivity index (χ3v) is 3.31. The maximum atomic E-state index is 8.68. The van der Waals surface area contributed by atoms with Gasteiger partial charge in [0.15, 0.2) is 0 Å². The summed E-state index contributed by atoms with van der Waals surface area (Å²) in [7, 11) is 0. The van der Waals surface area contributed by atoms with Crippen LogP contribution in [0.2, 0.25) is 0 Å². The van der Waals surface area contributed by atoms with Gasteiger partial charge in [0.05, 0.1) is 21.8 Å². The standard InChI is InChI=1S/C12H15NO2S/c1-2-3-12-13-10-5-4-9(15-7-6-14)8-11(10)16-12/h4-5,8,14H,2-3,6-7H2,1H3. The third kappa shape index (κ3) is 2.51.